The fourth-order valence-corrected chi connectivity index (χ4v) is 1.25. The molecule has 1 aromatic carbocycles. The van der Waals surface area contributed by atoms with Crippen molar-refractivity contribution < 1.29 is 0 Å². The molecule has 0 saturated heterocycles. The van der Waals surface area contributed by atoms with Gasteiger partial charge in [0.05, 0.1) is 0 Å². The van der Waals surface area contributed by atoms with Gasteiger partial charge in [0.25, 0.3) is 0 Å². The second-order valence-corrected chi connectivity index (χ2v) is 4.30. The van der Waals surface area contributed by atoms with E-state index in [1.807, 2.05) is 0 Å². The Morgan fingerprint density at radius 3 is 2.00 bits per heavy atom. The quantitative estimate of drug-likeness (QED) is 0.738. The van der Waals surface area contributed by atoms with Crippen LogP contribution in [0.1, 0.15) is 31.9 Å². The summed E-state index contributed by atoms with van der Waals surface area (Å²) in [6.07, 6.45) is 0. The highest BCUT2D eigenvalue weighted by molar-refractivity contribution is 5.27. The molecular formula is C12H19N. The molecule has 1 unspecified atom stereocenters. The maximum atomic E-state index is 6.23. The Balaban J connectivity index is 3.01. The van der Waals surface area contributed by atoms with Crippen LogP contribution in [-0.4, -0.2) is 0 Å². The fourth-order valence-electron chi connectivity index (χ4n) is 1.25. The van der Waals surface area contributed by atoms with Crippen LogP contribution in [0.2, 0.25) is 0 Å². The lowest BCUT2D eigenvalue weighted by atomic mass is 9.82. The summed E-state index contributed by atoms with van der Waals surface area (Å²) >= 11 is 0. The predicted molar refractivity (Wildman–Crippen MR) is 57.6 cm³/mol. The van der Waals surface area contributed by atoms with E-state index in [0.29, 0.717) is 5.92 Å². The Hall–Kier alpha value is -0.820. The molecule has 0 saturated carbocycles. The maximum absolute atomic E-state index is 6.23. The standard InChI is InChI=1S/C12H19N/c1-9(2)12(4,13)11-7-5-10(3)6-8-11/h5-9H,13H2,1-4H3. The molecular weight excluding hydrogens is 158 g/mol. The molecule has 0 aliphatic heterocycles. The van der Waals surface area contributed by atoms with Gasteiger partial charge in [0.2, 0.25) is 0 Å². The van der Waals surface area contributed by atoms with Gasteiger partial charge in [-0.2, -0.15) is 0 Å². The van der Waals surface area contributed by atoms with Gasteiger partial charge >= 0.3 is 0 Å². The molecule has 0 heterocycles. The smallest absolute Gasteiger partial charge is 0.0404 e. The summed E-state index contributed by atoms with van der Waals surface area (Å²) in [5.41, 5.74) is 8.51. The van der Waals surface area contributed by atoms with E-state index >= 15 is 0 Å². The molecule has 0 spiro atoms. The van der Waals surface area contributed by atoms with Crippen LogP contribution in [-0.2, 0) is 5.54 Å². The molecule has 0 fully saturated rings. The van der Waals surface area contributed by atoms with Gasteiger partial charge < -0.3 is 5.73 Å². The minimum absolute atomic E-state index is 0.215. The van der Waals surface area contributed by atoms with Gasteiger partial charge in [-0.3, -0.25) is 0 Å². The second kappa shape index (κ2) is 3.51. The minimum Gasteiger partial charge on any atom is -0.321 e. The highest BCUT2D eigenvalue weighted by Crippen LogP contribution is 2.25. The highest BCUT2D eigenvalue weighted by Gasteiger charge is 2.24. The summed E-state index contributed by atoms with van der Waals surface area (Å²) in [5.74, 6) is 0.454. The van der Waals surface area contributed by atoms with E-state index in [1.165, 1.54) is 11.1 Å². The molecule has 0 radical (unpaired) electrons. The molecule has 1 heteroatoms. The van der Waals surface area contributed by atoms with Crippen molar-refractivity contribution in [1.29, 1.82) is 0 Å². The van der Waals surface area contributed by atoms with Gasteiger partial charge in [0.15, 0.2) is 0 Å². The van der Waals surface area contributed by atoms with Gasteiger partial charge in [0.1, 0.15) is 0 Å². The molecule has 1 atom stereocenters. The summed E-state index contributed by atoms with van der Waals surface area (Å²) in [4.78, 5) is 0. The van der Waals surface area contributed by atoms with E-state index < -0.39 is 0 Å². The SMILES string of the molecule is Cc1ccc(C(C)(N)C(C)C)cc1. The Kier molecular flexibility index (Phi) is 2.77. The van der Waals surface area contributed by atoms with Gasteiger partial charge in [0, 0.05) is 5.54 Å². The van der Waals surface area contributed by atoms with Crippen LogP contribution in [0, 0.1) is 12.8 Å². The normalized spacial score (nSPS) is 15.8. The average molecular weight is 177 g/mol. The average Bonchev–Trinajstić information content (AvgIpc) is 2.04. The van der Waals surface area contributed by atoms with E-state index in [2.05, 4.69) is 52.0 Å². The van der Waals surface area contributed by atoms with Crippen molar-refractivity contribution in [3.05, 3.63) is 35.4 Å². The van der Waals surface area contributed by atoms with Gasteiger partial charge in [-0.25, -0.2) is 0 Å². The zero-order valence-corrected chi connectivity index (χ0v) is 8.96. The third-order valence-corrected chi connectivity index (χ3v) is 2.87. The van der Waals surface area contributed by atoms with Crippen LogP contribution in [0.15, 0.2) is 24.3 Å². The van der Waals surface area contributed by atoms with E-state index in [1.54, 1.807) is 0 Å². The molecule has 1 aromatic rings. The number of nitrogens with two attached hydrogens (primary N) is 1. The molecule has 1 nitrogen and oxygen atoms in total. The van der Waals surface area contributed by atoms with Gasteiger partial charge in [-0.1, -0.05) is 43.7 Å². The van der Waals surface area contributed by atoms with E-state index in [9.17, 15) is 0 Å². The molecule has 0 bridgehead atoms. The minimum atomic E-state index is -0.215. The van der Waals surface area contributed by atoms with Crippen molar-refractivity contribution in [2.75, 3.05) is 0 Å². The fraction of sp³-hybridized carbons (Fsp3) is 0.500. The van der Waals surface area contributed by atoms with Crippen molar-refractivity contribution in [3.63, 3.8) is 0 Å². The molecule has 72 valence electrons. The monoisotopic (exact) mass is 177 g/mol. The van der Waals surface area contributed by atoms with E-state index in [4.69, 9.17) is 5.73 Å². The molecule has 1 rings (SSSR count). The van der Waals surface area contributed by atoms with Crippen LogP contribution in [0.4, 0.5) is 0 Å². The summed E-state index contributed by atoms with van der Waals surface area (Å²) in [6, 6.07) is 8.47. The topological polar surface area (TPSA) is 26.0 Å². The zero-order chi connectivity index (χ0) is 10.1. The number of hydrogen-bond acceptors (Lipinski definition) is 1. The van der Waals surface area contributed by atoms with Crippen LogP contribution in [0.3, 0.4) is 0 Å². The molecule has 2 N–H and O–H groups in total. The summed E-state index contributed by atoms with van der Waals surface area (Å²) in [7, 11) is 0. The Morgan fingerprint density at radius 1 is 1.15 bits per heavy atom. The first-order valence-electron chi connectivity index (χ1n) is 4.80. The molecule has 0 aliphatic rings. The zero-order valence-electron chi connectivity index (χ0n) is 8.96. The Bertz CT molecular complexity index is 270. The van der Waals surface area contributed by atoms with Crippen molar-refractivity contribution >= 4 is 0 Å². The molecule has 0 aliphatic carbocycles. The second-order valence-electron chi connectivity index (χ2n) is 4.30. The molecule has 0 aromatic heterocycles. The van der Waals surface area contributed by atoms with Crippen molar-refractivity contribution in [3.8, 4) is 0 Å². The van der Waals surface area contributed by atoms with Crippen molar-refractivity contribution in [2.45, 2.75) is 33.2 Å². The molecule has 13 heavy (non-hydrogen) atoms. The third-order valence-electron chi connectivity index (χ3n) is 2.87. The first-order valence-corrected chi connectivity index (χ1v) is 4.80. The largest absolute Gasteiger partial charge is 0.321 e. The number of benzene rings is 1. The molecule has 0 amide bonds. The lowest BCUT2D eigenvalue weighted by molar-refractivity contribution is 0.350. The first kappa shape index (κ1) is 10.3. The lowest BCUT2D eigenvalue weighted by Gasteiger charge is -2.29. The first-order chi connectivity index (χ1) is 5.94. The van der Waals surface area contributed by atoms with Crippen LogP contribution in [0.5, 0.6) is 0 Å². The van der Waals surface area contributed by atoms with Gasteiger partial charge in [-0.05, 0) is 25.3 Å². The highest BCUT2D eigenvalue weighted by atomic mass is 14.7. The summed E-state index contributed by atoms with van der Waals surface area (Å²) < 4.78 is 0. The Labute approximate surface area is 81.0 Å². The summed E-state index contributed by atoms with van der Waals surface area (Å²) in [5, 5.41) is 0. The summed E-state index contributed by atoms with van der Waals surface area (Å²) in [6.45, 7) is 8.48. The van der Waals surface area contributed by atoms with E-state index in [0.717, 1.165) is 0 Å². The third kappa shape index (κ3) is 2.10. The van der Waals surface area contributed by atoms with Gasteiger partial charge in [-0.15, -0.1) is 0 Å². The van der Waals surface area contributed by atoms with Crippen LogP contribution < -0.4 is 5.73 Å². The lowest BCUT2D eigenvalue weighted by Crippen LogP contribution is -2.38. The number of rotatable bonds is 2. The number of aryl methyl sites for hydroxylation is 1. The Morgan fingerprint density at radius 2 is 1.62 bits per heavy atom. The predicted octanol–water partition coefficient (Wildman–Crippen LogP) is 2.82. The van der Waals surface area contributed by atoms with E-state index in [-0.39, 0.29) is 5.54 Å². The van der Waals surface area contributed by atoms with Crippen LogP contribution in [0.25, 0.3) is 0 Å². The van der Waals surface area contributed by atoms with Crippen molar-refractivity contribution in [1.82, 2.24) is 0 Å². The van der Waals surface area contributed by atoms with Crippen LogP contribution >= 0.6 is 0 Å². The van der Waals surface area contributed by atoms with Crippen molar-refractivity contribution in [2.24, 2.45) is 11.7 Å². The maximum Gasteiger partial charge on any atom is 0.0404 e. The number of hydrogen-bond donors (Lipinski definition) is 1.